The normalized spacial score (nSPS) is 22.4. The van der Waals surface area contributed by atoms with E-state index < -0.39 is 0 Å². The Hall–Kier alpha value is -3.09. The van der Waals surface area contributed by atoms with Crippen molar-refractivity contribution >= 4 is 16.7 Å². The molecule has 0 bridgehead atoms. The van der Waals surface area contributed by atoms with Gasteiger partial charge >= 0.3 is 0 Å². The summed E-state index contributed by atoms with van der Waals surface area (Å²) in [4.78, 5) is 13.2. The minimum absolute atomic E-state index is 0.123. The van der Waals surface area contributed by atoms with E-state index in [-0.39, 0.29) is 17.4 Å². The molecule has 1 aliphatic rings. The van der Waals surface area contributed by atoms with Crippen LogP contribution in [-0.2, 0) is 0 Å². The Morgan fingerprint density at radius 3 is 2.66 bits per heavy atom. The number of aromatic nitrogens is 5. The average molecular weight is 391 g/mol. The molecule has 0 spiro atoms. The Balaban J connectivity index is 1.65. The Kier molecular flexibility index (Phi) is 4.19. The first-order chi connectivity index (χ1) is 14.0. The maximum Gasteiger partial charge on any atom is 0.280 e. The van der Waals surface area contributed by atoms with Crippen LogP contribution < -0.4 is 5.56 Å². The van der Waals surface area contributed by atoms with Gasteiger partial charge in [0.05, 0.1) is 6.20 Å². The van der Waals surface area contributed by atoms with Crippen molar-refractivity contribution in [2.75, 3.05) is 0 Å². The molecule has 3 aromatic heterocycles. The van der Waals surface area contributed by atoms with E-state index in [2.05, 4.69) is 29.1 Å². The second-order valence-electron chi connectivity index (χ2n) is 8.10. The van der Waals surface area contributed by atoms with Crippen molar-refractivity contribution in [3.8, 4) is 11.1 Å². The van der Waals surface area contributed by atoms with Gasteiger partial charge in [-0.2, -0.15) is 5.10 Å². The molecular formula is C22H22FN5O. The summed E-state index contributed by atoms with van der Waals surface area (Å²) < 4.78 is 16.7. The van der Waals surface area contributed by atoms with Gasteiger partial charge in [-0.15, -0.1) is 10.2 Å². The summed E-state index contributed by atoms with van der Waals surface area (Å²) in [6, 6.07) is 8.24. The molecule has 0 saturated heterocycles. The largest absolute Gasteiger partial charge is 0.310 e. The number of benzene rings is 1. The van der Waals surface area contributed by atoms with Crippen LogP contribution in [0, 0.1) is 17.7 Å². The Morgan fingerprint density at radius 1 is 1.07 bits per heavy atom. The summed E-state index contributed by atoms with van der Waals surface area (Å²) in [6.07, 6.45) is 6.88. The first kappa shape index (κ1) is 18.0. The third-order valence-corrected chi connectivity index (χ3v) is 6.47. The zero-order valence-corrected chi connectivity index (χ0v) is 16.4. The van der Waals surface area contributed by atoms with E-state index in [1.165, 1.54) is 18.6 Å². The van der Waals surface area contributed by atoms with E-state index >= 15 is 0 Å². The number of hydrogen-bond acceptors (Lipinski definition) is 4. The van der Waals surface area contributed by atoms with Gasteiger partial charge in [-0.3, -0.25) is 4.79 Å². The zero-order chi connectivity index (χ0) is 20.1. The number of nitrogens with zero attached hydrogens (tertiary/aromatic N) is 5. The van der Waals surface area contributed by atoms with Crippen molar-refractivity contribution in [3.05, 3.63) is 58.9 Å². The smallest absolute Gasteiger partial charge is 0.280 e. The molecular weight excluding hydrogens is 369 g/mol. The lowest BCUT2D eigenvalue weighted by Gasteiger charge is -2.35. The molecule has 3 heterocycles. The maximum absolute atomic E-state index is 13.3. The monoisotopic (exact) mass is 391 g/mol. The Morgan fingerprint density at radius 2 is 1.86 bits per heavy atom. The van der Waals surface area contributed by atoms with Gasteiger partial charge in [0.1, 0.15) is 11.3 Å². The highest BCUT2D eigenvalue weighted by atomic mass is 19.1. The average Bonchev–Trinajstić information content (AvgIpc) is 3.16. The van der Waals surface area contributed by atoms with Crippen molar-refractivity contribution in [1.29, 1.82) is 0 Å². The molecule has 4 aromatic rings. The molecule has 1 aromatic carbocycles. The first-order valence-corrected chi connectivity index (χ1v) is 10.1. The van der Waals surface area contributed by atoms with Crippen LogP contribution in [0.2, 0.25) is 0 Å². The van der Waals surface area contributed by atoms with E-state index in [1.807, 2.05) is 16.8 Å². The predicted molar refractivity (Wildman–Crippen MR) is 109 cm³/mol. The fourth-order valence-corrected chi connectivity index (χ4v) is 4.55. The molecule has 148 valence electrons. The van der Waals surface area contributed by atoms with Crippen LogP contribution in [0.25, 0.3) is 27.8 Å². The molecule has 0 radical (unpaired) electrons. The lowest BCUT2D eigenvalue weighted by molar-refractivity contribution is 0.183. The summed E-state index contributed by atoms with van der Waals surface area (Å²) >= 11 is 0. The van der Waals surface area contributed by atoms with Crippen molar-refractivity contribution in [2.45, 2.75) is 39.2 Å². The first-order valence-electron chi connectivity index (χ1n) is 10.1. The molecule has 29 heavy (non-hydrogen) atoms. The van der Waals surface area contributed by atoms with Crippen LogP contribution in [0.4, 0.5) is 4.39 Å². The van der Waals surface area contributed by atoms with Crippen LogP contribution in [-0.4, -0.2) is 24.4 Å². The van der Waals surface area contributed by atoms with Gasteiger partial charge in [0, 0.05) is 17.8 Å². The lowest BCUT2D eigenvalue weighted by Crippen LogP contribution is -2.34. The third-order valence-electron chi connectivity index (χ3n) is 6.47. The second-order valence-corrected chi connectivity index (χ2v) is 8.10. The van der Waals surface area contributed by atoms with Gasteiger partial charge in [0.25, 0.3) is 5.56 Å². The lowest BCUT2D eigenvalue weighted by atomic mass is 9.78. The highest BCUT2D eigenvalue weighted by Gasteiger charge is 2.29. The molecule has 1 fully saturated rings. The molecule has 0 unspecified atom stereocenters. The van der Waals surface area contributed by atoms with E-state index in [0.717, 1.165) is 24.0 Å². The van der Waals surface area contributed by atoms with E-state index in [9.17, 15) is 9.18 Å². The van der Waals surface area contributed by atoms with Gasteiger partial charge in [-0.1, -0.05) is 38.8 Å². The fourth-order valence-electron chi connectivity index (χ4n) is 4.55. The predicted octanol–water partition coefficient (Wildman–Crippen LogP) is 4.24. The summed E-state index contributed by atoms with van der Waals surface area (Å²) in [6.45, 7) is 4.48. The summed E-state index contributed by atoms with van der Waals surface area (Å²) in [7, 11) is 0. The second kappa shape index (κ2) is 6.76. The van der Waals surface area contributed by atoms with Gasteiger partial charge < -0.3 is 4.57 Å². The highest BCUT2D eigenvalue weighted by Crippen LogP contribution is 2.37. The van der Waals surface area contributed by atoms with Crippen LogP contribution in [0.3, 0.4) is 0 Å². The van der Waals surface area contributed by atoms with Gasteiger partial charge in [0.2, 0.25) is 0 Å². The maximum atomic E-state index is 13.3. The third kappa shape index (κ3) is 2.84. The molecule has 5 rings (SSSR count). The molecule has 1 aliphatic carbocycles. The molecule has 0 N–H and O–H groups in total. The van der Waals surface area contributed by atoms with E-state index in [1.54, 1.807) is 22.8 Å². The molecule has 3 atom stereocenters. The summed E-state index contributed by atoms with van der Waals surface area (Å²) in [5.41, 5.74) is 2.91. The molecule has 1 saturated carbocycles. The molecule has 7 heteroatoms. The van der Waals surface area contributed by atoms with Crippen LogP contribution in [0.1, 0.15) is 39.2 Å². The van der Waals surface area contributed by atoms with Crippen molar-refractivity contribution in [1.82, 2.24) is 24.4 Å². The minimum atomic E-state index is -0.298. The number of rotatable bonds is 2. The van der Waals surface area contributed by atoms with Gasteiger partial charge in [-0.25, -0.2) is 8.91 Å². The SMILES string of the molecule is C[C@H]1[C@H](C)CCC[C@@H]1n1ccc2c(nnc3c(-c4ccc(F)cc4)cnn32)c1=O. The van der Waals surface area contributed by atoms with Crippen LogP contribution in [0.5, 0.6) is 0 Å². The quantitative estimate of drug-likeness (QED) is 0.513. The topological polar surface area (TPSA) is 65.1 Å². The van der Waals surface area contributed by atoms with E-state index in [4.69, 9.17) is 0 Å². The van der Waals surface area contributed by atoms with E-state index in [0.29, 0.717) is 28.5 Å². The number of fused-ring (bicyclic) bond motifs is 3. The minimum Gasteiger partial charge on any atom is -0.310 e. The fraction of sp³-hybridized carbons (Fsp3) is 0.364. The van der Waals surface area contributed by atoms with Crippen molar-refractivity contribution in [2.24, 2.45) is 11.8 Å². The van der Waals surface area contributed by atoms with Gasteiger partial charge in [-0.05, 0) is 42.0 Å². The van der Waals surface area contributed by atoms with Crippen molar-refractivity contribution < 1.29 is 4.39 Å². The summed E-state index contributed by atoms with van der Waals surface area (Å²) in [5.74, 6) is 0.730. The Labute approximate surface area is 167 Å². The molecule has 6 nitrogen and oxygen atoms in total. The number of hydrogen-bond donors (Lipinski definition) is 0. The van der Waals surface area contributed by atoms with Gasteiger partial charge in [0.15, 0.2) is 11.2 Å². The molecule has 0 aliphatic heterocycles. The number of halogens is 1. The Bertz CT molecular complexity index is 1260. The summed E-state index contributed by atoms with van der Waals surface area (Å²) in [5, 5.41) is 13.0. The standard InChI is InChI=1S/C22H22FN5O/c1-13-4-3-5-18(14(13)2)27-11-10-19-20(22(27)29)25-26-21-17(12-24-28(19)21)15-6-8-16(23)9-7-15/h6-14,18H,3-5H2,1-2H3/t13-,14+,18+/m1/s1. The van der Waals surface area contributed by atoms with Crippen molar-refractivity contribution in [3.63, 3.8) is 0 Å². The molecule has 0 amide bonds. The zero-order valence-electron chi connectivity index (χ0n) is 16.4. The number of pyridine rings is 1. The van der Waals surface area contributed by atoms with Crippen LogP contribution in [0.15, 0.2) is 47.5 Å². The van der Waals surface area contributed by atoms with Crippen LogP contribution >= 0.6 is 0 Å². The highest BCUT2D eigenvalue weighted by molar-refractivity contribution is 5.82.